The van der Waals surface area contributed by atoms with Crippen LogP contribution in [0.2, 0.25) is 0 Å². The Kier molecular flexibility index (Phi) is 5.07. The molecule has 1 aromatic carbocycles. The first-order valence-corrected chi connectivity index (χ1v) is 9.72. The maximum atomic E-state index is 13.1. The number of carbonyl (C=O) groups excluding carboxylic acids is 1. The van der Waals surface area contributed by atoms with Gasteiger partial charge in [-0.15, -0.1) is 0 Å². The molecule has 5 nitrogen and oxygen atoms in total. The molecule has 1 aliphatic carbocycles. The Morgan fingerprint density at radius 3 is 2.81 bits per heavy atom. The van der Waals surface area contributed by atoms with Gasteiger partial charge in [-0.3, -0.25) is 9.48 Å². The van der Waals surface area contributed by atoms with Gasteiger partial charge in [0.15, 0.2) is 0 Å². The van der Waals surface area contributed by atoms with Crippen molar-refractivity contribution in [2.24, 2.45) is 5.92 Å². The fourth-order valence-corrected chi connectivity index (χ4v) is 3.82. The highest BCUT2D eigenvalue weighted by atomic mass is 16.5. The first-order valence-electron chi connectivity index (χ1n) is 9.72. The number of hydrogen-bond donors (Lipinski definition) is 0. The van der Waals surface area contributed by atoms with E-state index in [1.54, 1.807) is 0 Å². The number of benzene rings is 1. The van der Waals surface area contributed by atoms with Crippen LogP contribution >= 0.6 is 0 Å². The quantitative estimate of drug-likeness (QED) is 0.769. The smallest absolute Gasteiger partial charge is 0.227 e. The molecule has 1 aliphatic heterocycles. The number of carbonyl (C=O) groups is 1. The van der Waals surface area contributed by atoms with Crippen LogP contribution in [0, 0.1) is 5.92 Å². The Balaban J connectivity index is 1.57. The van der Waals surface area contributed by atoms with E-state index in [4.69, 9.17) is 4.74 Å². The van der Waals surface area contributed by atoms with Crippen LogP contribution in [0.15, 0.2) is 36.5 Å². The zero-order chi connectivity index (χ0) is 17.9. The molecule has 5 heteroatoms. The normalized spacial score (nSPS) is 19.4. The largest absolute Gasteiger partial charge is 0.379 e. The van der Waals surface area contributed by atoms with Crippen LogP contribution in [0.5, 0.6) is 0 Å². The Hall–Kier alpha value is -2.14. The Bertz CT molecular complexity index is 752. The molecule has 138 valence electrons. The van der Waals surface area contributed by atoms with E-state index in [2.05, 4.69) is 9.78 Å². The lowest BCUT2D eigenvalue weighted by molar-refractivity contribution is -0.135. The van der Waals surface area contributed by atoms with Crippen molar-refractivity contribution in [1.82, 2.24) is 14.7 Å². The topological polar surface area (TPSA) is 47.4 Å². The third-order valence-electron chi connectivity index (χ3n) is 5.40. The molecule has 1 atom stereocenters. The number of aromatic nitrogens is 2. The van der Waals surface area contributed by atoms with Gasteiger partial charge in [0.25, 0.3) is 0 Å². The molecule has 0 radical (unpaired) electrons. The summed E-state index contributed by atoms with van der Waals surface area (Å²) in [6, 6.07) is 9.95. The van der Waals surface area contributed by atoms with Crippen LogP contribution in [0.25, 0.3) is 0 Å². The lowest BCUT2D eigenvalue weighted by atomic mass is 9.98. The summed E-state index contributed by atoms with van der Waals surface area (Å²) in [7, 11) is 0. The number of fused-ring (bicyclic) bond motifs is 1. The fraction of sp³-hybridized carbons (Fsp3) is 0.524. The molecule has 1 fully saturated rings. The molecular weight excluding hydrogens is 326 g/mol. The van der Waals surface area contributed by atoms with Crippen LogP contribution in [0.1, 0.15) is 42.6 Å². The van der Waals surface area contributed by atoms with Gasteiger partial charge in [-0.05, 0) is 43.2 Å². The van der Waals surface area contributed by atoms with E-state index in [1.807, 2.05) is 48.4 Å². The van der Waals surface area contributed by atoms with E-state index >= 15 is 0 Å². The van der Waals surface area contributed by atoms with E-state index in [-0.39, 0.29) is 11.9 Å². The van der Waals surface area contributed by atoms with Crippen molar-refractivity contribution in [2.75, 3.05) is 19.8 Å². The molecule has 1 aromatic heterocycles. The number of hydrogen-bond acceptors (Lipinski definition) is 3. The summed E-state index contributed by atoms with van der Waals surface area (Å²) < 4.78 is 7.91. The fourth-order valence-electron chi connectivity index (χ4n) is 3.82. The summed E-state index contributed by atoms with van der Waals surface area (Å²) in [5.41, 5.74) is 3.53. The van der Waals surface area contributed by atoms with E-state index in [9.17, 15) is 4.79 Å². The summed E-state index contributed by atoms with van der Waals surface area (Å²) in [5, 5.41) is 4.64. The van der Waals surface area contributed by atoms with E-state index < -0.39 is 0 Å². The molecule has 26 heavy (non-hydrogen) atoms. The molecule has 0 bridgehead atoms. The predicted molar refractivity (Wildman–Crippen MR) is 99.7 cm³/mol. The van der Waals surface area contributed by atoms with Gasteiger partial charge >= 0.3 is 0 Å². The average Bonchev–Trinajstić information content (AvgIpc) is 3.39. The molecule has 2 heterocycles. The highest BCUT2D eigenvalue weighted by Gasteiger charge is 2.35. The molecule has 0 N–H and O–H groups in total. The zero-order valence-electron chi connectivity index (χ0n) is 15.4. The monoisotopic (exact) mass is 353 g/mol. The van der Waals surface area contributed by atoms with Gasteiger partial charge in [-0.25, -0.2) is 0 Å². The summed E-state index contributed by atoms with van der Waals surface area (Å²) >= 11 is 0. The van der Waals surface area contributed by atoms with Crippen LogP contribution < -0.4 is 0 Å². The SMILES string of the molecule is CCOCC1c2c(cnn2CC2CC2)CCN1C(=O)Cc1ccccc1. The minimum atomic E-state index is -0.0313. The second kappa shape index (κ2) is 7.62. The first kappa shape index (κ1) is 17.3. The van der Waals surface area contributed by atoms with E-state index in [0.717, 1.165) is 31.0 Å². The van der Waals surface area contributed by atoms with Crippen molar-refractivity contribution in [3.05, 3.63) is 53.3 Å². The van der Waals surface area contributed by atoms with Gasteiger partial charge in [-0.1, -0.05) is 30.3 Å². The summed E-state index contributed by atoms with van der Waals surface area (Å²) in [5.74, 6) is 0.924. The molecule has 1 unspecified atom stereocenters. The van der Waals surface area contributed by atoms with Crippen molar-refractivity contribution in [1.29, 1.82) is 0 Å². The number of amides is 1. The van der Waals surface area contributed by atoms with Crippen molar-refractivity contribution in [2.45, 2.75) is 45.2 Å². The number of rotatable bonds is 7. The van der Waals surface area contributed by atoms with E-state index in [1.165, 1.54) is 24.1 Å². The van der Waals surface area contributed by atoms with Gasteiger partial charge in [0.2, 0.25) is 5.91 Å². The lowest BCUT2D eigenvalue weighted by Gasteiger charge is -2.36. The minimum Gasteiger partial charge on any atom is -0.379 e. The maximum absolute atomic E-state index is 13.1. The number of nitrogens with zero attached hydrogens (tertiary/aromatic N) is 3. The third-order valence-corrected chi connectivity index (χ3v) is 5.40. The van der Waals surface area contributed by atoms with Crippen LogP contribution in [-0.2, 0) is 28.9 Å². The molecular formula is C21H27N3O2. The molecule has 0 spiro atoms. The second-order valence-electron chi connectivity index (χ2n) is 7.36. The Labute approximate surface area is 154 Å². The van der Waals surface area contributed by atoms with Gasteiger partial charge in [-0.2, -0.15) is 5.10 Å². The highest BCUT2D eigenvalue weighted by molar-refractivity contribution is 5.79. The first-order chi connectivity index (χ1) is 12.8. The predicted octanol–water partition coefficient (Wildman–Crippen LogP) is 3.00. The molecule has 4 rings (SSSR count). The molecule has 1 saturated carbocycles. The van der Waals surface area contributed by atoms with Crippen molar-refractivity contribution < 1.29 is 9.53 Å². The molecule has 2 aliphatic rings. The molecule has 0 saturated heterocycles. The highest BCUT2D eigenvalue weighted by Crippen LogP contribution is 2.35. The number of ether oxygens (including phenoxy) is 1. The van der Waals surface area contributed by atoms with Gasteiger partial charge in [0.05, 0.1) is 31.0 Å². The van der Waals surface area contributed by atoms with Crippen LogP contribution in [0.4, 0.5) is 0 Å². The maximum Gasteiger partial charge on any atom is 0.227 e. The van der Waals surface area contributed by atoms with Gasteiger partial charge in [0.1, 0.15) is 0 Å². The van der Waals surface area contributed by atoms with E-state index in [0.29, 0.717) is 19.6 Å². The van der Waals surface area contributed by atoms with Gasteiger partial charge < -0.3 is 9.64 Å². The standard InChI is InChI=1S/C21H27N3O2/c1-2-26-15-19-21-18(13-22-24(21)14-17-8-9-17)10-11-23(19)20(25)12-16-6-4-3-5-7-16/h3-7,13,17,19H,2,8-12,14-15H2,1H3. The average molecular weight is 353 g/mol. The minimum absolute atomic E-state index is 0.0313. The zero-order valence-corrected chi connectivity index (χ0v) is 15.4. The summed E-state index contributed by atoms with van der Waals surface area (Å²) in [4.78, 5) is 15.1. The Morgan fingerprint density at radius 2 is 2.08 bits per heavy atom. The second-order valence-corrected chi connectivity index (χ2v) is 7.36. The summed E-state index contributed by atoms with van der Waals surface area (Å²) in [6.07, 6.45) is 5.90. The van der Waals surface area contributed by atoms with Crippen molar-refractivity contribution in [3.8, 4) is 0 Å². The summed E-state index contributed by atoms with van der Waals surface area (Å²) in [6.45, 7) is 4.91. The third kappa shape index (κ3) is 3.68. The van der Waals surface area contributed by atoms with Crippen LogP contribution in [0.3, 0.4) is 0 Å². The molecule has 2 aromatic rings. The Morgan fingerprint density at radius 1 is 1.27 bits per heavy atom. The van der Waals surface area contributed by atoms with Gasteiger partial charge in [0, 0.05) is 19.7 Å². The molecule has 1 amide bonds. The lowest BCUT2D eigenvalue weighted by Crippen LogP contribution is -2.43. The van der Waals surface area contributed by atoms with Crippen LogP contribution in [-0.4, -0.2) is 40.3 Å². The van der Waals surface area contributed by atoms with Crippen molar-refractivity contribution >= 4 is 5.91 Å². The van der Waals surface area contributed by atoms with Crippen molar-refractivity contribution in [3.63, 3.8) is 0 Å².